The van der Waals surface area contributed by atoms with Gasteiger partial charge in [0.15, 0.2) is 0 Å². The summed E-state index contributed by atoms with van der Waals surface area (Å²) in [5, 5.41) is 5.50. The van der Waals surface area contributed by atoms with Gasteiger partial charge in [-0.15, -0.1) is 0 Å². The first-order valence-electron chi connectivity index (χ1n) is 9.00. The van der Waals surface area contributed by atoms with E-state index in [9.17, 15) is 14.4 Å². The molecule has 9 heteroatoms. The monoisotopic (exact) mass is 382 g/mol. The third-order valence-electron chi connectivity index (χ3n) is 4.65. The van der Waals surface area contributed by atoms with Gasteiger partial charge in [0.25, 0.3) is 0 Å². The number of carbonyl (C=O) groups is 3. The summed E-state index contributed by atoms with van der Waals surface area (Å²) >= 11 is 0. The molecule has 1 atom stereocenters. The highest BCUT2D eigenvalue weighted by molar-refractivity contribution is 6.39. The molecule has 146 valence electrons. The van der Waals surface area contributed by atoms with E-state index in [2.05, 4.69) is 20.6 Å². The maximum absolute atomic E-state index is 12.8. The molecule has 4 N–H and O–H groups in total. The van der Waals surface area contributed by atoms with Gasteiger partial charge in [0.1, 0.15) is 0 Å². The predicted molar refractivity (Wildman–Crippen MR) is 103 cm³/mol. The Morgan fingerprint density at radius 3 is 2.64 bits per heavy atom. The molecule has 1 aliphatic heterocycles. The number of carbonyl (C=O) groups excluding carboxylic acids is 3. The van der Waals surface area contributed by atoms with Crippen LogP contribution in [0.5, 0.6) is 0 Å². The van der Waals surface area contributed by atoms with Crippen LogP contribution in [0.15, 0.2) is 36.8 Å². The highest BCUT2D eigenvalue weighted by atomic mass is 16.2. The molecule has 0 saturated carbocycles. The third kappa shape index (κ3) is 4.25. The van der Waals surface area contributed by atoms with Crippen molar-refractivity contribution in [3.8, 4) is 0 Å². The Labute approximate surface area is 162 Å². The Kier molecular flexibility index (Phi) is 5.83. The first-order chi connectivity index (χ1) is 13.5. The van der Waals surface area contributed by atoms with E-state index in [4.69, 9.17) is 5.73 Å². The van der Waals surface area contributed by atoms with Crippen molar-refractivity contribution in [3.63, 3.8) is 0 Å². The van der Waals surface area contributed by atoms with Crippen LogP contribution in [0.1, 0.15) is 41.4 Å². The number of piperidine rings is 1. The fraction of sp³-hybridized carbons (Fsp3) is 0.316. The van der Waals surface area contributed by atoms with E-state index in [-0.39, 0.29) is 17.3 Å². The van der Waals surface area contributed by atoms with E-state index in [1.165, 1.54) is 18.5 Å². The Balaban J connectivity index is 1.75. The van der Waals surface area contributed by atoms with Gasteiger partial charge in [0, 0.05) is 19.8 Å². The van der Waals surface area contributed by atoms with E-state index in [1.54, 1.807) is 18.1 Å². The molecule has 3 rings (SSSR count). The second kappa shape index (κ2) is 8.47. The van der Waals surface area contributed by atoms with Crippen LogP contribution in [0, 0.1) is 0 Å². The second-order valence-corrected chi connectivity index (χ2v) is 6.51. The van der Waals surface area contributed by atoms with Crippen LogP contribution < -0.4 is 16.4 Å². The number of amides is 3. The van der Waals surface area contributed by atoms with Gasteiger partial charge in [-0.2, -0.15) is 0 Å². The van der Waals surface area contributed by atoms with E-state index in [1.807, 2.05) is 12.1 Å². The number of nitrogens with one attached hydrogen (secondary N) is 2. The Bertz CT molecular complexity index is 883. The number of aromatic nitrogens is 2. The fourth-order valence-electron chi connectivity index (χ4n) is 3.19. The number of primary amides is 1. The highest BCUT2D eigenvalue weighted by Crippen LogP contribution is 2.30. The van der Waals surface area contributed by atoms with Gasteiger partial charge in [-0.1, -0.05) is 0 Å². The number of hydrogen-bond acceptors (Lipinski definition) is 6. The van der Waals surface area contributed by atoms with Gasteiger partial charge >= 0.3 is 11.8 Å². The lowest BCUT2D eigenvalue weighted by Gasteiger charge is -2.34. The molecule has 0 radical (unpaired) electrons. The largest absolute Gasteiger partial charge is 0.387 e. The lowest BCUT2D eigenvalue weighted by Crippen LogP contribution is -2.44. The molecule has 0 unspecified atom stereocenters. The number of likely N-dealkylation sites (tertiary alicyclic amines) is 1. The first-order valence-corrected chi connectivity index (χ1v) is 9.00. The zero-order chi connectivity index (χ0) is 20.1. The molecule has 2 aromatic heterocycles. The van der Waals surface area contributed by atoms with Crippen LogP contribution >= 0.6 is 0 Å². The summed E-state index contributed by atoms with van der Waals surface area (Å²) in [7, 11) is 1.81. The van der Waals surface area contributed by atoms with Crippen LogP contribution in [0.25, 0.3) is 0 Å². The lowest BCUT2D eigenvalue weighted by atomic mass is 9.98. The van der Waals surface area contributed by atoms with Crippen molar-refractivity contribution >= 4 is 29.1 Å². The quantitative estimate of drug-likeness (QED) is 0.684. The maximum atomic E-state index is 12.8. The number of nitrogens with two attached hydrogens (primary N) is 1. The maximum Gasteiger partial charge on any atom is 0.313 e. The summed E-state index contributed by atoms with van der Waals surface area (Å²) < 4.78 is 0. The van der Waals surface area contributed by atoms with Crippen LogP contribution in [0.3, 0.4) is 0 Å². The zero-order valence-corrected chi connectivity index (χ0v) is 15.5. The Morgan fingerprint density at radius 2 is 1.96 bits per heavy atom. The van der Waals surface area contributed by atoms with E-state index >= 15 is 0 Å². The summed E-state index contributed by atoms with van der Waals surface area (Å²) in [6.45, 7) is 0.478. The molecule has 2 aromatic rings. The van der Waals surface area contributed by atoms with Crippen LogP contribution in [0.2, 0.25) is 0 Å². The molecule has 3 heterocycles. The van der Waals surface area contributed by atoms with Gasteiger partial charge in [-0.25, -0.2) is 0 Å². The van der Waals surface area contributed by atoms with Crippen molar-refractivity contribution in [2.75, 3.05) is 24.2 Å². The molecule has 28 heavy (non-hydrogen) atoms. The van der Waals surface area contributed by atoms with Crippen molar-refractivity contribution in [1.82, 2.24) is 14.9 Å². The van der Waals surface area contributed by atoms with Crippen molar-refractivity contribution in [2.45, 2.75) is 25.3 Å². The minimum absolute atomic E-state index is 0.148. The average molecular weight is 382 g/mol. The predicted octanol–water partition coefficient (Wildman–Crippen LogP) is 1.31. The molecule has 3 amide bonds. The summed E-state index contributed by atoms with van der Waals surface area (Å²) in [5.41, 5.74) is 7.22. The SMILES string of the molecule is CNc1ccc([C@@H]2CCCCN2C(=O)C(=O)Nc2cncc(C(N)=O)c2)nc1. The molecular weight excluding hydrogens is 360 g/mol. The molecular formula is C19H22N6O3. The Hall–Kier alpha value is -3.49. The van der Waals surface area contributed by atoms with Crippen molar-refractivity contribution < 1.29 is 14.4 Å². The molecule has 0 aromatic carbocycles. The lowest BCUT2D eigenvalue weighted by molar-refractivity contribution is -0.146. The standard InChI is InChI=1S/C19H22N6O3/c1-21-13-5-6-15(23-11-13)16-4-2-3-7-25(16)19(28)18(27)24-14-8-12(17(20)26)9-22-10-14/h5-6,8-11,16,21H,2-4,7H2,1H3,(H2,20,26)(H,24,27)/t16-/m0/s1. The van der Waals surface area contributed by atoms with Crippen LogP contribution in [-0.2, 0) is 9.59 Å². The minimum atomic E-state index is -0.790. The Morgan fingerprint density at radius 1 is 1.14 bits per heavy atom. The molecule has 1 aliphatic rings. The highest BCUT2D eigenvalue weighted by Gasteiger charge is 2.32. The van der Waals surface area contributed by atoms with E-state index < -0.39 is 17.7 Å². The van der Waals surface area contributed by atoms with Gasteiger partial charge in [-0.3, -0.25) is 24.4 Å². The number of rotatable bonds is 4. The summed E-state index contributed by atoms with van der Waals surface area (Å²) in [4.78, 5) is 46.4. The van der Waals surface area contributed by atoms with Gasteiger partial charge < -0.3 is 21.3 Å². The normalized spacial score (nSPS) is 16.3. The zero-order valence-electron chi connectivity index (χ0n) is 15.5. The molecule has 0 bridgehead atoms. The van der Waals surface area contributed by atoms with Gasteiger partial charge in [0.2, 0.25) is 5.91 Å². The van der Waals surface area contributed by atoms with Crippen molar-refractivity contribution in [1.29, 1.82) is 0 Å². The average Bonchev–Trinajstić information content (AvgIpc) is 2.73. The first kappa shape index (κ1) is 19.3. The molecule has 9 nitrogen and oxygen atoms in total. The smallest absolute Gasteiger partial charge is 0.313 e. The summed E-state index contributed by atoms with van der Waals surface area (Å²) in [6, 6.07) is 4.88. The number of nitrogens with zero attached hydrogens (tertiary/aromatic N) is 3. The van der Waals surface area contributed by atoms with Gasteiger partial charge in [0.05, 0.1) is 41.1 Å². The van der Waals surface area contributed by atoms with E-state index in [0.29, 0.717) is 6.54 Å². The van der Waals surface area contributed by atoms with E-state index in [0.717, 1.165) is 30.6 Å². The van der Waals surface area contributed by atoms with Crippen LogP contribution in [0.4, 0.5) is 11.4 Å². The number of anilines is 2. The molecule has 1 fully saturated rings. The van der Waals surface area contributed by atoms with Crippen molar-refractivity contribution in [3.05, 3.63) is 48.0 Å². The number of pyridine rings is 2. The van der Waals surface area contributed by atoms with Crippen LogP contribution in [-0.4, -0.2) is 46.2 Å². The van der Waals surface area contributed by atoms with Gasteiger partial charge in [-0.05, 0) is 37.5 Å². The summed E-state index contributed by atoms with van der Waals surface area (Å²) in [5.74, 6) is -2.10. The fourth-order valence-corrected chi connectivity index (χ4v) is 3.19. The molecule has 0 aliphatic carbocycles. The number of hydrogen-bond donors (Lipinski definition) is 3. The minimum Gasteiger partial charge on any atom is -0.387 e. The topological polar surface area (TPSA) is 130 Å². The summed E-state index contributed by atoms with van der Waals surface area (Å²) in [6.07, 6.45) is 6.86. The molecule has 1 saturated heterocycles. The third-order valence-corrected chi connectivity index (χ3v) is 4.65. The second-order valence-electron chi connectivity index (χ2n) is 6.51. The van der Waals surface area contributed by atoms with Crippen molar-refractivity contribution in [2.24, 2.45) is 5.73 Å². The molecule has 0 spiro atoms.